The number of hydrogen-bond acceptors (Lipinski definition) is 2. The van der Waals surface area contributed by atoms with Gasteiger partial charge in [-0.25, -0.2) is 0 Å². The first kappa shape index (κ1) is 10.8. The molecule has 1 aliphatic carbocycles. The smallest absolute Gasteiger partial charge is 0.0204 e. The second-order valence-electron chi connectivity index (χ2n) is 5.36. The SMILES string of the molecule is CC1CSC2CC(C(C)C)CCC2N1. The molecule has 0 aromatic rings. The Labute approximate surface area is 92.4 Å². The van der Waals surface area contributed by atoms with Crippen molar-refractivity contribution >= 4 is 11.8 Å². The highest BCUT2D eigenvalue weighted by Gasteiger charge is 2.35. The van der Waals surface area contributed by atoms with Gasteiger partial charge in [0.15, 0.2) is 0 Å². The van der Waals surface area contributed by atoms with Crippen molar-refractivity contribution in [3.63, 3.8) is 0 Å². The van der Waals surface area contributed by atoms with Crippen LogP contribution in [0, 0.1) is 11.8 Å². The summed E-state index contributed by atoms with van der Waals surface area (Å²) in [6, 6.07) is 1.55. The van der Waals surface area contributed by atoms with Gasteiger partial charge >= 0.3 is 0 Å². The summed E-state index contributed by atoms with van der Waals surface area (Å²) in [6.07, 6.45) is 4.30. The van der Waals surface area contributed by atoms with Crippen LogP contribution in [-0.4, -0.2) is 23.1 Å². The van der Waals surface area contributed by atoms with Gasteiger partial charge in [-0.3, -0.25) is 0 Å². The molecule has 0 spiro atoms. The molecule has 0 radical (unpaired) electrons. The molecule has 4 atom stereocenters. The summed E-state index contributed by atoms with van der Waals surface area (Å²) in [5.41, 5.74) is 0. The quantitative estimate of drug-likeness (QED) is 0.719. The van der Waals surface area contributed by atoms with E-state index in [1.165, 1.54) is 25.0 Å². The van der Waals surface area contributed by atoms with Crippen LogP contribution in [0.1, 0.15) is 40.0 Å². The largest absolute Gasteiger partial charge is 0.310 e. The normalized spacial score (nSPS) is 43.7. The highest BCUT2D eigenvalue weighted by Crippen LogP contribution is 2.38. The fourth-order valence-corrected chi connectivity index (χ4v) is 4.28. The lowest BCUT2D eigenvalue weighted by molar-refractivity contribution is 0.235. The molecule has 1 saturated heterocycles. The van der Waals surface area contributed by atoms with Crippen LogP contribution >= 0.6 is 11.8 Å². The third kappa shape index (κ3) is 2.27. The van der Waals surface area contributed by atoms with Gasteiger partial charge in [-0.15, -0.1) is 0 Å². The zero-order valence-electron chi connectivity index (χ0n) is 9.62. The van der Waals surface area contributed by atoms with E-state index in [0.717, 1.165) is 29.2 Å². The Hall–Kier alpha value is 0.310. The minimum atomic E-state index is 0.733. The van der Waals surface area contributed by atoms with Crippen molar-refractivity contribution in [3.05, 3.63) is 0 Å². The summed E-state index contributed by atoms with van der Waals surface area (Å²) in [7, 11) is 0. The van der Waals surface area contributed by atoms with Crippen molar-refractivity contribution in [2.24, 2.45) is 11.8 Å². The molecule has 0 aromatic carbocycles. The van der Waals surface area contributed by atoms with Crippen LogP contribution in [0.3, 0.4) is 0 Å². The number of rotatable bonds is 1. The average molecular weight is 213 g/mol. The summed E-state index contributed by atoms with van der Waals surface area (Å²) >= 11 is 2.21. The molecule has 0 bridgehead atoms. The van der Waals surface area contributed by atoms with E-state index in [-0.39, 0.29) is 0 Å². The van der Waals surface area contributed by atoms with Crippen LogP contribution < -0.4 is 5.32 Å². The van der Waals surface area contributed by atoms with E-state index in [0.29, 0.717) is 0 Å². The first-order valence-electron chi connectivity index (χ1n) is 6.04. The lowest BCUT2D eigenvalue weighted by Gasteiger charge is -2.42. The highest BCUT2D eigenvalue weighted by molar-refractivity contribution is 8.00. The molecule has 2 fully saturated rings. The molecule has 2 aliphatic rings. The Morgan fingerprint density at radius 1 is 1.29 bits per heavy atom. The third-order valence-corrected chi connectivity index (χ3v) is 5.48. The third-order valence-electron chi connectivity index (χ3n) is 3.83. The molecule has 2 rings (SSSR count). The standard InChI is InChI=1S/C12H23NS/c1-8(2)10-4-5-11-12(6-10)14-7-9(3)13-11/h8-13H,4-7H2,1-3H3. The number of fused-ring (bicyclic) bond motifs is 1. The van der Waals surface area contributed by atoms with Crippen LogP contribution in [0.5, 0.6) is 0 Å². The molecule has 0 amide bonds. The summed E-state index contributed by atoms with van der Waals surface area (Å²) < 4.78 is 0. The number of thioether (sulfide) groups is 1. The van der Waals surface area contributed by atoms with Crippen molar-refractivity contribution in [2.45, 2.75) is 57.4 Å². The Morgan fingerprint density at radius 3 is 2.79 bits per heavy atom. The predicted octanol–water partition coefficient (Wildman–Crippen LogP) is 2.90. The predicted molar refractivity (Wildman–Crippen MR) is 64.8 cm³/mol. The first-order valence-corrected chi connectivity index (χ1v) is 7.09. The van der Waals surface area contributed by atoms with E-state index < -0.39 is 0 Å². The minimum absolute atomic E-state index is 0.733. The van der Waals surface area contributed by atoms with Crippen molar-refractivity contribution in [1.82, 2.24) is 5.32 Å². The molecule has 4 unspecified atom stereocenters. The van der Waals surface area contributed by atoms with E-state index in [1.807, 2.05) is 0 Å². The van der Waals surface area contributed by atoms with Crippen LogP contribution in [0.25, 0.3) is 0 Å². The molecule has 1 N–H and O–H groups in total. The van der Waals surface area contributed by atoms with E-state index in [1.54, 1.807) is 0 Å². The molecule has 14 heavy (non-hydrogen) atoms. The molecule has 1 saturated carbocycles. The molecule has 2 heteroatoms. The zero-order chi connectivity index (χ0) is 10.1. The maximum absolute atomic E-state index is 3.76. The van der Waals surface area contributed by atoms with E-state index in [2.05, 4.69) is 37.8 Å². The van der Waals surface area contributed by atoms with E-state index in [9.17, 15) is 0 Å². The Bertz CT molecular complexity index is 193. The van der Waals surface area contributed by atoms with Gasteiger partial charge < -0.3 is 5.32 Å². The minimum Gasteiger partial charge on any atom is -0.310 e. The van der Waals surface area contributed by atoms with Gasteiger partial charge in [-0.05, 0) is 38.0 Å². The van der Waals surface area contributed by atoms with Gasteiger partial charge in [0.25, 0.3) is 0 Å². The lowest BCUT2D eigenvalue weighted by atomic mass is 9.79. The number of nitrogens with one attached hydrogen (secondary N) is 1. The van der Waals surface area contributed by atoms with Gasteiger partial charge in [0, 0.05) is 23.1 Å². The topological polar surface area (TPSA) is 12.0 Å². The average Bonchev–Trinajstić information content (AvgIpc) is 2.16. The molecule has 0 aromatic heterocycles. The summed E-state index contributed by atoms with van der Waals surface area (Å²) in [5, 5.41) is 4.67. The van der Waals surface area contributed by atoms with Crippen molar-refractivity contribution < 1.29 is 0 Å². The Balaban J connectivity index is 1.91. The van der Waals surface area contributed by atoms with Crippen LogP contribution in [-0.2, 0) is 0 Å². The van der Waals surface area contributed by atoms with Crippen LogP contribution in [0.4, 0.5) is 0 Å². The fourth-order valence-electron chi connectivity index (χ4n) is 2.82. The molecule has 1 heterocycles. The molecular weight excluding hydrogens is 190 g/mol. The van der Waals surface area contributed by atoms with Crippen molar-refractivity contribution in [1.29, 1.82) is 0 Å². The van der Waals surface area contributed by atoms with Crippen LogP contribution in [0.15, 0.2) is 0 Å². The Morgan fingerprint density at radius 2 is 2.07 bits per heavy atom. The fraction of sp³-hybridized carbons (Fsp3) is 1.00. The van der Waals surface area contributed by atoms with Gasteiger partial charge in [0.05, 0.1) is 0 Å². The lowest BCUT2D eigenvalue weighted by Crippen LogP contribution is -2.51. The maximum atomic E-state index is 3.76. The van der Waals surface area contributed by atoms with Crippen molar-refractivity contribution in [2.75, 3.05) is 5.75 Å². The maximum Gasteiger partial charge on any atom is 0.0204 e. The summed E-state index contributed by atoms with van der Waals surface area (Å²) in [4.78, 5) is 0. The molecule has 1 aliphatic heterocycles. The second-order valence-corrected chi connectivity index (χ2v) is 6.64. The van der Waals surface area contributed by atoms with Gasteiger partial charge in [-0.1, -0.05) is 13.8 Å². The van der Waals surface area contributed by atoms with Crippen LogP contribution in [0.2, 0.25) is 0 Å². The van der Waals surface area contributed by atoms with E-state index >= 15 is 0 Å². The highest BCUT2D eigenvalue weighted by atomic mass is 32.2. The summed E-state index contributed by atoms with van der Waals surface area (Å²) in [6.45, 7) is 7.08. The second kappa shape index (κ2) is 4.44. The molecular formula is C12H23NS. The number of hydrogen-bond donors (Lipinski definition) is 1. The monoisotopic (exact) mass is 213 g/mol. The van der Waals surface area contributed by atoms with Crippen molar-refractivity contribution in [3.8, 4) is 0 Å². The van der Waals surface area contributed by atoms with Gasteiger partial charge in [0.1, 0.15) is 0 Å². The molecule has 82 valence electrons. The molecule has 1 nitrogen and oxygen atoms in total. The van der Waals surface area contributed by atoms with Gasteiger partial charge in [0.2, 0.25) is 0 Å². The first-order chi connectivity index (χ1) is 6.66. The zero-order valence-corrected chi connectivity index (χ0v) is 10.4. The Kier molecular flexibility index (Phi) is 3.43. The van der Waals surface area contributed by atoms with Gasteiger partial charge in [-0.2, -0.15) is 11.8 Å². The van der Waals surface area contributed by atoms with E-state index in [4.69, 9.17) is 0 Å². The summed E-state index contributed by atoms with van der Waals surface area (Å²) in [5.74, 6) is 3.18.